The van der Waals surface area contributed by atoms with Crippen LogP contribution in [0.25, 0.3) is 0 Å². The van der Waals surface area contributed by atoms with Gasteiger partial charge in [-0.05, 0) is 55.5 Å². The van der Waals surface area contributed by atoms with Crippen LogP contribution < -0.4 is 19.7 Å². The Morgan fingerprint density at radius 1 is 1.04 bits per heavy atom. The highest BCUT2D eigenvalue weighted by atomic mass is 35.5. The molecule has 0 aliphatic heterocycles. The van der Waals surface area contributed by atoms with Crippen LogP contribution in [0.2, 0.25) is 5.02 Å². The van der Waals surface area contributed by atoms with E-state index in [0.29, 0.717) is 24.8 Å². The average Bonchev–Trinajstić information content (AvgIpc) is 2.59. The predicted octanol–water partition coefficient (Wildman–Crippen LogP) is 2.27. The number of carbonyl (C=O) groups excluding carboxylic acids is 1. The summed E-state index contributed by atoms with van der Waals surface area (Å²) in [7, 11) is 1.96. The second-order valence-electron chi connectivity index (χ2n) is 5.69. The molecule has 0 saturated carbocycles. The molecule has 5 nitrogen and oxygen atoms in total. The number of anilines is 1. The molecule has 0 aliphatic rings. The zero-order valence-electron chi connectivity index (χ0n) is 14.5. The first-order chi connectivity index (χ1) is 12.1. The highest BCUT2D eigenvalue weighted by molar-refractivity contribution is 6.30. The minimum absolute atomic E-state index is 0.0408. The monoisotopic (exact) mass is 363 g/mol. The van der Waals surface area contributed by atoms with Gasteiger partial charge in [0.25, 0.3) is 5.91 Å². The second-order valence-corrected chi connectivity index (χ2v) is 6.13. The third-order valence-corrected chi connectivity index (χ3v) is 3.77. The van der Waals surface area contributed by atoms with Gasteiger partial charge in [0.15, 0.2) is 6.54 Å². The number of carbonyl (C=O) groups is 1. The number of benzene rings is 2. The van der Waals surface area contributed by atoms with Crippen molar-refractivity contribution in [2.45, 2.75) is 6.92 Å². The summed E-state index contributed by atoms with van der Waals surface area (Å²) in [6, 6.07) is 14.6. The summed E-state index contributed by atoms with van der Waals surface area (Å²) in [4.78, 5) is 13.1. The van der Waals surface area contributed by atoms with Crippen LogP contribution in [0.4, 0.5) is 5.69 Å². The highest BCUT2D eigenvalue weighted by Crippen LogP contribution is 2.17. The number of likely N-dealkylation sites (N-methyl/N-ethyl adjacent to an activating group) is 1. The van der Waals surface area contributed by atoms with E-state index in [1.807, 2.05) is 38.2 Å². The Balaban J connectivity index is 1.68. The Kier molecular flexibility index (Phi) is 7.57. The maximum Gasteiger partial charge on any atom is 0.279 e. The summed E-state index contributed by atoms with van der Waals surface area (Å²) in [5.41, 5.74) is 0.743. The Morgan fingerprint density at radius 3 is 2.24 bits per heavy atom. The minimum Gasteiger partial charge on any atom is -0.494 e. The summed E-state index contributed by atoms with van der Waals surface area (Å²) in [6.07, 6.45) is 0. The number of hydrogen-bond acceptors (Lipinski definition) is 3. The summed E-state index contributed by atoms with van der Waals surface area (Å²) >= 11 is 5.83. The van der Waals surface area contributed by atoms with Crippen molar-refractivity contribution in [3.05, 3.63) is 53.6 Å². The van der Waals surface area contributed by atoms with Gasteiger partial charge in [-0.25, -0.2) is 0 Å². The number of ether oxygens (including phenoxy) is 2. The van der Waals surface area contributed by atoms with Gasteiger partial charge in [-0.2, -0.15) is 0 Å². The van der Waals surface area contributed by atoms with E-state index in [1.54, 1.807) is 24.3 Å². The average molecular weight is 364 g/mol. The first-order valence-electron chi connectivity index (χ1n) is 8.29. The molecule has 2 rings (SSSR count). The zero-order chi connectivity index (χ0) is 18.1. The van der Waals surface area contributed by atoms with E-state index in [-0.39, 0.29) is 5.91 Å². The Hall–Kier alpha value is -2.24. The van der Waals surface area contributed by atoms with E-state index in [2.05, 4.69) is 5.32 Å². The molecule has 0 aromatic heterocycles. The number of rotatable bonds is 9. The van der Waals surface area contributed by atoms with Gasteiger partial charge in [-0.15, -0.1) is 0 Å². The van der Waals surface area contributed by atoms with Crippen molar-refractivity contribution < 1.29 is 19.2 Å². The standard InChI is InChI=1S/C19H23ClN2O3/c1-3-24-17-8-10-18(11-9-17)25-13-12-22(2)14-19(23)21-16-6-4-15(20)5-7-16/h4-11H,3,12-14H2,1-2H3,(H,21,23)/p+1. The molecule has 25 heavy (non-hydrogen) atoms. The maximum absolute atomic E-state index is 12.0. The van der Waals surface area contributed by atoms with Crippen LogP contribution in [0.1, 0.15) is 6.92 Å². The van der Waals surface area contributed by atoms with E-state index in [4.69, 9.17) is 21.1 Å². The van der Waals surface area contributed by atoms with Crippen molar-refractivity contribution in [2.24, 2.45) is 0 Å². The van der Waals surface area contributed by atoms with E-state index in [1.165, 1.54) is 0 Å². The fraction of sp³-hybridized carbons (Fsp3) is 0.316. The van der Waals surface area contributed by atoms with Crippen LogP contribution in [0.15, 0.2) is 48.5 Å². The fourth-order valence-corrected chi connectivity index (χ4v) is 2.37. The molecule has 0 bridgehead atoms. The smallest absolute Gasteiger partial charge is 0.279 e. The van der Waals surface area contributed by atoms with E-state index >= 15 is 0 Å². The van der Waals surface area contributed by atoms with Crippen molar-refractivity contribution in [1.29, 1.82) is 0 Å². The van der Waals surface area contributed by atoms with Crippen LogP contribution in [0.3, 0.4) is 0 Å². The first-order valence-corrected chi connectivity index (χ1v) is 8.67. The molecule has 2 N–H and O–H groups in total. The third kappa shape index (κ3) is 7.03. The molecule has 0 aliphatic carbocycles. The van der Waals surface area contributed by atoms with Gasteiger partial charge in [0.05, 0.1) is 13.7 Å². The van der Waals surface area contributed by atoms with Gasteiger partial charge >= 0.3 is 0 Å². The molecule has 2 aromatic rings. The molecule has 1 amide bonds. The van der Waals surface area contributed by atoms with Gasteiger partial charge in [-0.1, -0.05) is 11.6 Å². The van der Waals surface area contributed by atoms with Crippen LogP contribution in [-0.4, -0.2) is 39.3 Å². The van der Waals surface area contributed by atoms with Gasteiger partial charge in [-0.3, -0.25) is 4.79 Å². The summed E-state index contributed by atoms with van der Waals surface area (Å²) in [5, 5.41) is 3.50. The van der Waals surface area contributed by atoms with Crippen molar-refractivity contribution in [1.82, 2.24) is 0 Å². The van der Waals surface area contributed by atoms with Crippen LogP contribution in [0.5, 0.6) is 11.5 Å². The lowest BCUT2D eigenvalue weighted by Crippen LogP contribution is -3.10. The number of amides is 1. The van der Waals surface area contributed by atoms with Crippen molar-refractivity contribution >= 4 is 23.2 Å². The third-order valence-electron chi connectivity index (χ3n) is 3.52. The Morgan fingerprint density at radius 2 is 1.64 bits per heavy atom. The van der Waals surface area contributed by atoms with Gasteiger partial charge < -0.3 is 19.7 Å². The fourth-order valence-electron chi connectivity index (χ4n) is 2.24. The molecule has 0 radical (unpaired) electrons. The van der Waals surface area contributed by atoms with E-state index in [0.717, 1.165) is 28.6 Å². The van der Waals surface area contributed by atoms with Gasteiger partial charge in [0.2, 0.25) is 0 Å². The van der Waals surface area contributed by atoms with Gasteiger partial charge in [0.1, 0.15) is 24.7 Å². The van der Waals surface area contributed by atoms with Crippen LogP contribution in [0, 0.1) is 0 Å². The summed E-state index contributed by atoms with van der Waals surface area (Å²) in [5.74, 6) is 1.58. The highest BCUT2D eigenvalue weighted by Gasteiger charge is 2.10. The molecule has 0 fully saturated rings. The number of hydrogen-bond donors (Lipinski definition) is 2. The Bertz CT molecular complexity index is 659. The zero-order valence-corrected chi connectivity index (χ0v) is 15.3. The van der Waals surface area contributed by atoms with Crippen molar-refractivity contribution in [3.63, 3.8) is 0 Å². The molecular weight excluding hydrogens is 340 g/mol. The molecule has 134 valence electrons. The van der Waals surface area contributed by atoms with E-state index < -0.39 is 0 Å². The number of nitrogens with one attached hydrogen (secondary N) is 2. The SMILES string of the molecule is CCOc1ccc(OCC[NH+](C)CC(=O)Nc2ccc(Cl)cc2)cc1. The van der Waals surface area contributed by atoms with Crippen molar-refractivity contribution in [2.75, 3.05) is 38.7 Å². The molecular formula is C19H24ClN2O3+. The second kappa shape index (κ2) is 9.91. The van der Waals surface area contributed by atoms with Crippen LogP contribution in [-0.2, 0) is 4.79 Å². The van der Waals surface area contributed by atoms with E-state index in [9.17, 15) is 4.79 Å². The number of halogens is 1. The minimum atomic E-state index is -0.0408. The van der Waals surface area contributed by atoms with Crippen LogP contribution >= 0.6 is 11.6 Å². The van der Waals surface area contributed by atoms with Crippen molar-refractivity contribution in [3.8, 4) is 11.5 Å². The molecule has 2 aromatic carbocycles. The molecule has 1 unspecified atom stereocenters. The molecule has 0 saturated heterocycles. The quantitative estimate of drug-likeness (QED) is 0.718. The van der Waals surface area contributed by atoms with Gasteiger partial charge in [0, 0.05) is 10.7 Å². The lowest BCUT2D eigenvalue weighted by molar-refractivity contribution is -0.871. The lowest BCUT2D eigenvalue weighted by Gasteiger charge is -2.14. The maximum atomic E-state index is 12.0. The first kappa shape index (κ1) is 19.1. The predicted molar refractivity (Wildman–Crippen MR) is 99.8 cm³/mol. The molecule has 6 heteroatoms. The lowest BCUT2D eigenvalue weighted by atomic mass is 10.3. The summed E-state index contributed by atoms with van der Waals surface area (Å²) in [6.45, 7) is 4.23. The molecule has 0 spiro atoms. The molecule has 1 atom stereocenters. The number of quaternary nitrogens is 1. The summed E-state index contributed by atoms with van der Waals surface area (Å²) < 4.78 is 11.1. The normalized spacial score (nSPS) is 11.6. The molecule has 0 heterocycles. The topological polar surface area (TPSA) is 52.0 Å². The Labute approximate surface area is 153 Å². The largest absolute Gasteiger partial charge is 0.494 e.